The van der Waals surface area contributed by atoms with Crippen LogP contribution in [0.25, 0.3) is 0 Å². The zero-order valence-corrected chi connectivity index (χ0v) is 8.72. The molecular weight excluding hydrogens is 200 g/mol. The van der Waals surface area contributed by atoms with Gasteiger partial charge in [-0.3, -0.25) is 4.79 Å². The molecule has 0 spiro atoms. The Kier molecular flexibility index (Phi) is 6.80. The van der Waals surface area contributed by atoms with E-state index in [9.17, 15) is 4.79 Å². The van der Waals surface area contributed by atoms with Gasteiger partial charge >= 0.3 is 0 Å². The van der Waals surface area contributed by atoms with Crippen molar-refractivity contribution in [2.45, 2.75) is 12.8 Å². The molecule has 0 radical (unpaired) electrons. The Morgan fingerprint density at radius 2 is 1.93 bits per heavy atom. The molecule has 0 bridgehead atoms. The van der Waals surface area contributed by atoms with Crippen LogP contribution in [0.1, 0.15) is 12.8 Å². The van der Waals surface area contributed by atoms with Gasteiger partial charge in [0.15, 0.2) is 0 Å². The van der Waals surface area contributed by atoms with Crippen LogP contribution in [0, 0.1) is 0 Å². The Hall–Kier alpha value is -1.06. The van der Waals surface area contributed by atoms with E-state index in [1.54, 1.807) is 0 Å². The highest BCUT2D eigenvalue weighted by Crippen LogP contribution is 2.05. The van der Waals surface area contributed by atoms with Gasteiger partial charge in [0.05, 0.1) is 0 Å². The van der Waals surface area contributed by atoms with E-state index in [4.69, 9.17) is 5.73 Å². The standard InChI is InChI=1S/C10H14N2O.ClH/c11-8-4-7-10(13)12-9-5-2-1-3-6-9;/h1-3,5-6H,4,7-8,11H2,(H,12,13);1H. The summed E-state index contributed by atoms with van der Waals surface area (Å²) in [5, 5.41) is 2.78. The quantitative estimate of drug-likeness (QED) is 0.803. The van der Waals surface area contributed by atoms with E-state index in [0.29, 0.717) is 13.0 Å². The lowest BCUT2D eigenvalue weighted by Crippen LogP contribution is -2.13. The van der Waals surface area contributed by atoms with E-state index >= 15 is 0 Å². The first-order chi connectivity index (χ1) is 6.33. The van der Waals surface area contributed by atoms with E-state index in [1.807, 2.05) is 30.3 Å². The highest BCUT2D eigenvalue weighted by atomic mass is 35.5. The number of amides is 1. The van der Waals surface area contributed by atoms with Gasteiger partial charge in [0.2, 0.25) is 5.91 Å². The van der Waals surface area contributed by atoms with Crippen molar-refractivity contribution in [1.82, 2.24) is 0 Å². The first-order valence-electron chi connectivity index (χ1n) is 4.38. The van der Waals surface area contributed by atoms with Crippen molar-refractivity contribution in [3.05, 3.63) is 30.3 Å². The van der Waals surface area contributed by atoms with Gasteiger partial charge in [0, 0.05) is 12.1 Å². The third-order valence-electron chi connectivity index (χ3n) is 1.67. The molecule has 0 aliphatic carbocycles. The van der Waals surface area contributed by atoms with Crippen LogP contribution >= 0.6 is 12.4 Å². The van der Waals surface area contributed by atoms with Crippen LogP contribution in [0.3, 0.4) is 0 Å². The fraction of sp³-hybridized carbons (Fsp3) is 0.300. The van der Waals surface area contributed by atoms with Crippen molar-refractivity contribution in [2.75, 3.05) is 11.9 Å². The van der Waals surface area contributed by atoms with Gasteiger partial charge in [-0.1, -0.05) is 18.2 Å². The number of hydrogen-bond acceptors (Lipinski definition) is 2. The number of nitrogens with two attached hydrogens (primary N) is 1. The second kappa shape index (κ2) is 7.35. The number of rotatable bonds is 4. The Morgan fingerprint density at radius 1 is 1.29 bits per heavy atom. The summed E-state index contributed by atoms with van der Waals surface area (Å²) in [7, 11) is 0. The molecule has 0 aromatic heterocycles. The van der Waals surface area contributed by atoms with Gasteiger partial charge < -0.3 is 11.1 Å². The van der Waals surface area contributed by atoms with Crippen LogP contribution in [-0.4, -0.2) is 12.5 Å². The molecule has 3 N–H and O–H groups in total. The molecule has 0 atom stereocenters. The largest absolute Gasteiger partial charge is 0.330 e. The summed E-state index contributed by atoms with van der Waals surface area (Å²) < 4.78 is 0. The number of benzene rings is 1. The molecule has 0 aliphatic heterocycles. The summed E-state index contributed by atoms with van der Waals surface area (Å²) >= 11 is 0. The van der Waals surface area contributed by atoms with Gasteiger partial charge in [-0.15, -0.1) is 12.4 Å². The van der Waals surface area contributed by atoms with Crippen LogP contribution in [0.2, 0.25) is 0 Å². The van der Waals surface area contributed by atoms with Gasteiger partial charge in [-0.2, -0.15) is 0 Å². The lowest BCUT2D eigenvalue weighted by atomic mass is 10.2. The molecule has 1 aromatic carbocycles. The molecule has 1 aromatic rings. The van der Waals surface area contributed by atoms with Crippen molar-refractivity contribution in [3.8, 4) is 0 Å². The molecule has 0 saturated carbocycles. The van der Waals surface area contributed by atoms with E-state index in [1.165, 1.54) is 0 Å². The average Bonchev–Trinajstić information content (AvgIpc) is 2.16. The van der Waals surface area contributed by atoms with Gasteiger partial charge in [0.25, 0.3) is 0 Å². The van der Waals surface area contributed by atoms with Crippen LogP contribution in [0.15, 0.2) is 30.3 Å². The lowest BCUT2D eigenvalue weighted by molar-refractivity contribution is -0.116. The maximum atomic E-state index is 11.2. The summed E-state index contributed by atoms with van der Waals surface area (Å²) in [5.41, 5.74) is 6.13. The van der Waals surface area contributed by atoms with Crippen molar-refractivity contribution >= 4 is 24.0 Å². The molecule has 0 unspecified atom stereocenters. The van der Waals surface area contributed by atoms with Crippen LogP contribution < -0.4 is 11.1 Å². The summed E-state index contributed by atoms with van der Waals surface area (Å²) in [6.07, 6.45) is 1.23. The minimum atomic E-state index is 0. The van der Waals surface area contributed by atoms with Crippen molar-refractivity contribution < 1.29 is 4.79 Å². The Balaban J connectivity index is 0.00000169. The normalized spacial score (nSPS) is 8.93. The smallest absolute Gasteiger partial charge is 0.224 e. The van der Waals surface area contributed by atoms with Gasteiger partial charge in [-0.05, 0) is 25.1 Å². The predicted molar refractivity (Wildman–Crippen MR) is 60.6 cm³/mol. The molecule has 1 amide bonds. The molecule has 1 rings (SSSR count). The first kappa shape index (κ1) is 12.9. The molecule has 3 nitrogen and oxygen atoms in total. The third kappa shape index (κ3) is 4.84. The minimum Gasteiger partial charge on any atom is -0.330 e. The number of nitrogens with one attached hydrogen (secondary N) is 1. The second-order valence-corrected chi connectivity index (χ2v) is 2.81. The van der Waals surface area contributed by atoms with Crippen LogP contribution in [0.5, 0.6) is 0 Å². The van der Waals surface area contributed by atoms with E-state index < -0.39 is 0 Å². The molecule has 0 saturated heterocycles. The zero-order valence-electron chi connectivity index (χ0n) is 7.90. The first-order valence-corrected chi connectivity index (χ1v) is 4.38. The van der Waals surface area contributed by atoms with Crippen molar-refractivity contribution in [3.63, 3.8) is 0 Å². The summed E-state index contributed by atoms with van der Waals surface area (Å²) in [4.78, 5) is 11.2. The number of carbonyl (C=O) groups is 1. The average molecular weight is 215 g/mol. The minimum absolute atomic E-state index is 0. The monoisotopic (exact) mass is 214 g/mol. The fourth-order valence-electron chi connectivity index (χ4n) is 1.01. The maximum Gasteiger partial charge on any atom is 0.224 e. The van der Waals surface area contributed by atoms with Crippen molar-refractivity contribution in [2.24, 2.45) is 5.73 Å². The third-order valence-corrected chi connectivity index (χ3v) is 1.67. The van der Waals surface area contributed by atoms with Crippen LogP contribution in [0.4, 0.5) is 5.69 Å². The van der Waals surface area contributed by atoms with E-state index in [2.05, 4.69) is 5.32 Å². The molecule has 0 aliphatic rings. The molecule has 0 heterocycles. The topological polar surface area (TPSA) is 55.1 Å². The number of hydrogen-bond donors (Lipinski definition) is 2. The number of halogens is 1. The molecule has 4 heteroatoms. The predicted octanol–water partition coefficient (Wildman–Crippen LogP) is 1.79. The summed E-state index contributed by atoms with van der Waals surface area (Å²) in [6.45, 7) is 0.558. The highest BCUT2D eigenvalue weighted by molar-refractivity contribution is 5.90. The summed E-state index contributed by atoms with van der Waals surface area (Å²) in [5.74, 6) is 0.0247. The Bertz CT molecular complexity index is 264. The Morgan fingerprint density at radius 3 is 2.50 bits per heavy atom. The SMILES string of the molecule is Cl.NCCCC(=O)Nc1ccccc1. The highest BCUT2D eigenvalue weighted by Gasteiger charge is 1.99. The molecule has 0 fully saturated rings. The fourth-order valence-corrected chi connectivity index (χ4v) is 1.01. The zero-order chi connectivity index (χ0) is 9.52. The number of carbonyl (C=O) groups excluding carboxylic acids is 1. The summed E-state index contributed by atoms with van der Waals surface area (Å²) in [6, 6.07) is 9.41. The molecular formula is C10H15ClN2O. The second-order valence-electron chi connectivity index (χ2n) is 2.81. The van der Waals surface area contributed by atoms with Crippen molar-refractivity contribution in [1.29, 1.82) is 0 Å². The van der Waals surface area contributed by atoms with Gasteiger partial charge in [-0.25, -0.2) is 0 Å². The number of para-hydroxylation sites is 1. The van der Waals surface area contributed by atoms with E-state index in [0.717, 1.165) is 12.1 Å². The lowest BCUT2D eigenvalue weighted by Gasteiger charge is -2.03. The van der Waals surface area contributed by atoms with Crippen LogP contribution in [-0.2, 0) is 4.79 Å². The molecule has 78 valence electrons. The Labute approximate surface area is 90.1 Å². The number of anilines is 1. The maximum absolute atomic E-state index is 11.2. The molecule has 14 heavy (non-hydrogen) atoms. The van der Waals surface area contributed by atoms with Gasteiger partial charge in [0.1, 0.15) is 0 Å². The van der Waals surface area contributed by atoms with E-state index in [-0.39, 0.29) is 18.3 Å².